The molecule has 2 aliphatic rings. The molecule has 2 fully saturated rings. The Bertz CT molecular complexity index is 429. The number of fused-ring (bicyclic) bond motifs is 1. The number of rotatable bonds is 5. The monoisotopic (exact) mass is 274 g/mol. The molecule has 0 saturated carbocycles. The molecule has 3 rings (SSSR count). The molecule has 1 N–H and O–H groups in total. The van der Waals surface area contributed by atoms with E-state index in [1.54, 1.807) is 0 Å². The van der Waals surface area contributed by atoms with Crippen molar-refractivity contribution >= 4 is 0 Å². The number of benzene rings is 1. The number of hydrogen-bond donors (Lipinski definition) is 1. The smallest absolute Gasteiger partial charge is 0.119 e. The average Bonchev–Trinajstić information content (AvgIpc) is 3.01. The standard InChI is InChI=1S/C17H26N2O/c1-13(2)20-15-7-5-14(6-8-15)12-18-16-9-11-19-10-3-4-17(16)19/h5-8,13,16-18H,3-4,9-12H2,1-2H3. The van der Waals surface area contributed by atoms with Gasteiger partial charge in [-0.15, -0.1) is 0 Å². The van der Waals surface area contributed by atoms with Crippen LogP contribution in [0.15, 0.2) is 24.3 Å². The highest BCUT2D eigenvalue weighted by Crippen LogP contribution is 2.28. The third kappa shape index (κ3) is 3.15. The van der Waals surface area contributed by atoms with Crippen LogP contribution in [0.25, 0.3) is 0 Å². The van der Waals surface area contributed by atoms with Gasteiger partial charge in [-0.05, 0) is 57.4 Å². The number of nitrogens with zero attached hydrogens (tertiary/aromatic N) is 1. The zero-order valence-electron chi connectivity index (χ0n) is 12.6. The second kappa shape index (κ2) is 6.15. The Kier molecular flexibility index (Phi) is 4.27. The van der Waals surface area contributed by atoms with Crippen molar-refractivity contribution in [3.05, 3.63) is 29.8 Å². The van der Waals surface area contributed by atoms with E-state index >= 15 is 0 Å². The summed E-state index contributed by atoms with van der Waals surface area (Å²) in [5.74, 6) is 0.964. The molecule has 0 aromatic heterocycles. The number of ether oxygens (including phenoxy) is 1. The molecule has 2 heterocycles. The molecular formula is C17H26N2O. The van der Waals surface area contributed by atoms with Crippen LogP contribution in [-0.4, -0.2) is 36.2 Å². The van der Waals surface area contributed by atoms with Crippen LogP contribution in [0.1, 0.15) is 38.7 Å². The second-order valence-electron chi connectivity index (χ2n) is 6.33. The lowest BCUT2D eigenvalue weighted by Crippen LogP contribution is -2.38. The van der Waals surface area contributed by atoms with Gasteiger partial charge in [-0.1, -0.05) is 12.1 Å². The summed E-state index contributed by atoms with van der Waals surface area (Å²) < 4.78 is 5.68. The van der Waals surface area contributed by atoms with Gasteiger partial charge in [-0.2, -0.15) is 0 Å². The summed E-state index contributed by atoms with van der Waals surface area (Å²) in [4.78, 5) is 2.65. The molecule has 20 heavy (non-hydrogen) atoms. The minimum absolute atomic E-state index is 0.241. The fourth-order valence-electron chi connectivity index (χ4n) is 3.53. The maximum absolute atomic E-state index is 5.68. The number of nitrogens with one attached hydrogen (secondary N) is 1. The molecular weight excluding hydrogens is 248 g/mol. The molecule has 1 aromatic rings. The van der Waals surface area contributed by atoms with E-state index in [0.717, 1.165) is 18.3 Å². The summed E-state index contributed by atoms with van der Waals surface area (Å²) in [5, 5.41) is 3.75. The molecule has 0 spiro atoms. The summed E-state index contributed by atoms with van der Waals surface area (Å²) in [6.45, 7) is 7.68. The molecule has 2 atom stereocenters. The normalized spacial score (nSPS) is 26.1. The maximum Gasteiger partial charge on any atom is 0.119 e. The Morgan fingerprint density at radius 1 is 1.20 bits per heavy atom. The zero-order chi connectivity index (χ0) is 13.9. The van der Waals surface area contributed by atoms with Gasteiger partial charge in [0.1, 0.15) is 5.75 Å². The molecule has 110 valence electrons. The number of hydrogen-bond acceptors (Lipinski definition) is 3. The Labute approximate surface area is 122 Å². The van der Waals surface area contributed by atoms with Gasteiger partial charge in [-0.3, -0.25) is 4.90 Å². The predicted molar refractivity (Wildman–Crippen MR) is 82.0 cm³/mol. The van der Waals surface area contributed by atoms with Crippen LogP contribution in [0.2, 0.25) is 0 Å². The molecule has 2 saturated heterocycles. The van der Waals surface area contributed by atoms with Gasteiger partial charge in [0.25, 0.3) is 0 Å². The zero-order valence-corrected chi connectivity index (χ0v) is 12.6. The highest BCUT2D eigenvalue weighted by molar-refractivity contribution is 5.27. The lowest BCUT2D eigenvalue weighted by molar-refractivity contribution is 0.242. The van der Waals surface area contributed by atoms with E-state index in [-0.39, 0.29) is 6.10 Å². The maximum atomic E-state index is 5.68. The average molecular weight is 274 g/mol. The van der Waals surface area contributed by atoms with Gasteiger partial charge in [-0.25, -0.2) is 0 Å². The van der Waals surface area contributed by atoms with Crippen LogP contribution in [0, 0.1) is 0 Å². The van der Waals surface area contributed by atoms with Crippen molar-refractivity contribution in [3.8, 4) is 5.75 Å². The first-order valence-corrected chi connectivity index (χ1v) is 7.95. The van der Waals surface area contributed by atoms with Gasteiger partial charge >= 0.3 is 0 Å². The summed E-state index contributed by atoms with van der Waals surface area (Å²) in [5.41, 5.74) is 1.34. The molecule has 2 unspecified atom stereocenters. The highest BCUT2D eigenvalue weighted by Gasteiger charge is 2.36. The van der Waals surface area contributed by atoms with Crippen LogP contribution in [-0.2, 0) is 6.54 Å². The predicted octanol–water partition coefficient (Wildman–Crippen LogP) is 2.80. The Balaban J connectivity index is 1.51. The van der Waals surface area contributed by atoms with Crippen molar-refractivity contribution in [3.63, 3.8) is 0 Å². The van der Waals surface area contributed by atoms with E-state index < -0.39 is 0 Å². The Morgan fingerprint density at radius 3 is 2.75 bits per heavy atom. The molecule has 0 amide bonds. The van der Waals surface area contributed by atoms with E-state index in [2.05, 4.69) is 48.3 Å². The van der Waals surface area contributed by atoms with E-state index in [9.17, 15) is 0 Å². The van der Waals surface area contributed by atoms with Crippen LogP contribution in [0.5, 0.6) is 5.75 Å². The van der Waals surface area contributed by atoms with Gasteiger partial charge in [0.15, 0.2) is 0 Å². The van der Waals surface area contributed by atoms with Crippen molar-refractivity contribution in [1.82, 2.24) is 10.2 Å². The minimum Gasteiger partial charge on any atom is -0.491 e. The molecule has 3 heteroatoms. The van der Waals surface area contributed by atoms with E-state index in [1.807, 2.05) is 0 Å². The van der Waals surface area contributed by atoms with Crippen LogP contribution < -0.4 is 10.1 Å². The van der Waals surface area contributed by atoms with Crippen molar-refractivity contribution in [1.29, 1.82) is 0 Å². The summed E-state index contributed by atoms with van der Waals surface area (Å²) in [7, 11) is 0. The highest BCUT2D eigenvalue weighted by atomic mass is 16.5. The van der Waals surface area contributed by atoms with Gasteiger partial charge in [0.05, 0.1) is 6.10 Å². The molecule has 0 bridgehead atoms. The van der Waals surface area contributed by atoms with Crippen LogP contribution in [0.4, 0.5) is 0 Å². The molecule has 2 aliphatic heterocycles. The Hall–Kier alpha value is -1.06. The quantitative estimate of drug-likeness (QED) is 0.893. The van der Waals surface area contributed by atoms with Gasteiger partial charge in [0, 0.05) is 25.2 Å². The molecule has 0 radical (unpaired) electrons. The fourth-order valence-corrected chi connectivity index (χ4v) is 3.53. The molecule has 3 nitrogen and oxygen atoms in total. The Morgan fingerprint density at radius 2 is 2.00 bits per heavy atom. The second-order valence-corrected chi connectivity index (χ2v) is 6.33. The van der Waals surface area contributed by atoms with E-state index in [1.165, 1.54) is 37.9 Å². The van der Waals surface area contributed by atoms with Gasteiger partial charge < -0.3 is 10.1 Å². The molecule has 1 aromatic carbocycles. The van der Waals surface area contributed by atoms with Crippen molar-refractivity contribution in [2.24, 2.45) is 0 Å². The van der Waals surface area contributed by atoms with Crippen molar-refractivity contribution in [2.75, 3.05) is 13.1 Å². The third-order valence-corrected chi connectivity index (χ3v) is 4.47. The van der Waals surface area contributed by atoms with Crippen molar-refractivity contribution in [2.45, 2.75) is 57.8 Å². The SMILES string of the molecule is CC(C)Oc1ccc(CNC2CCN3CCCC23)cc1. The lowest BCUT2D eigenvalue weighted by atomic mass is 10.1. The largest absolute Gasteiger partial charge is 0.491 e. The summed E-state index contributed by atoms with van der Waals surface area (Å²) in [6.07, 6.45) is 4.30. The van der Waals surface area contributed by atoms with E-state index in [0.29, 0.717) is 6.04 Å². The fraction of sp³-hybridized carbons (Fsp3) is 0.647. The lowest BCUT2D eigenvalue weighted by Gasteiger charge is -2.21. The molecule has 0 aliphatic carbocycles. The minimum atomic E-state index is 0.241. The van der Waals surface area contributed by atoms with Crippen molar-refractivity contribution < 1.29 is 4.74 Å². The van der Waals surface area contributed by atoms with Crippen LogP contribution >= 0.6 is 0 Å². The summed E-state index contributed by atoms with van der Waals surface area (Å²) in [6, 6.07) is 9.97. The first kappa shape index (κ1) is 13.9. The summed E-state index contributed by atoms with van der Waals surface area (Å²) >= 11 is 0. The van der Waals surface area contributed by atoms with Gasteiger partial charge in [0.2, 0.25) is 0 Å². The topological polar surface area (TPSA) is 24.5 Å². The van der Waals surface area contributed by atoms with Crippen LogP contribution in [0.3, 0.4) is 0 Å². The first-order chi connectivity index (χ1) is 9.72. The first-order valence-electron chi connectivity index (χ1n) is 7.95. The third-order valence-electron chi connectivity index (χ3n) is 4.47. The van der Waals surface area contributed by atoms with E-state index in [4.69, 9.17) is 4.74 Å².